The van der Waals surface area contributed by atoms with Crippen LogP contribution in [0.15, 0.2) is 59.8 Å². The largest absolute Gasteiger partial charge is 0.383 e. The highest BCUT2D eigenvalue weighted by Crippen LogP contribution is 2.24. The molecule has 0 radical (unpaired) electrons. The fourth-order valence-corrected chi connectivity index (χ4v) is 3.31. The molecular weight excluding hydrogens is 360 g/mol. The number of aromatic nitrogens is 3. The van der Waals surface area contributed by atoms with Crippen molar-refractivity contribution in [1.82, 2.24) is 14.8 Å². The molecule has 3 aromatic rings. The maximum atomic E-state index is 12.3. The molecule has 0 aliphatic carbocycles. The Hall–Kier alpha value is -2.64. The second-order valence-corrected chi connectivity index (χ2v) is 6.96. The number of carbonyl (C=O) groups is 1. The first-order valence-corrected chi connectivity index (χ1v) is 9.63. The number of benzene rings is 2. The van der Waals surface area contributed by atoms with E-state index in [2.05, 4.69) is 15.5 Å². The summed E-state index contributed by atoms with van der Waals surface area (Å²) in [5.74, 6) is 0.953. The predicted molar refractivity (Wildman–Crippen MR) is 108 cm³/mol. The van der Waals surface area contributed by atoms with Gasteiger partial charge in [-0.3, -0.25) is 9.36 Å². The van der Waals surface area contributed by atoms with E-state index in [0.717, 1.165) is 22.6 Å². The minimum absolute atomic E-state index is 0.0774. The molecule has 1 aromatic heterocycles. The highest BCUT2D eigenvalue weighted by atomic mass is 32.2. The summed E-state index contributed by atoms with van der Waals surface area (Å²) < 4.78 is 7.20. The second kappa shape index (κ2) is 9.34. The van der Waals surface area contributed by atoms with E-state index >= 15 is 0 Å². The summed E-state index contributed by atoms with van der Waals surface area (Å²) in [6, 6.07) is 17.6. The lowest BCUT2D eigenvalue weighted by Crippen LogP contribution is -2.15. The Morgan fingerprint density at radius 1 is 1.11 bits per heavy atom. The third-order valence-electron chi connectivity index (χ3n) is 3.94. The first-order valence-electron chi connectivity index (χ1n) is 8.64. The number of hydrogen-bond donors (Lipinski definition) is 1. The lowest BCUT2D eigenvalue weighted by Gasteiger charge is -2.10. The van der Waals surface area contributed by atoms with E-state index in [1.165, 1.54) is 11.8 Å². The van der Waals surface area contributed by atoms with Gasteiger partial charge in [0, 0.05) is 18.4 Å². The van der Waals surface area contributed by atoms with Crippen LogP contribution in [0, 0.1) is 6.92 Å². The van der Waals surface area contributed by atoms with Crippen molar-refractivity contribution in [3.8, 4) is 11.4 Å². The number of anilines is 1. The summed E-state index contributed by atoms with van der Waals surface area (Å²) in [5.41, 5.74) is 2.93. The molecular formula is C20H22N4O2S. The number of carbonyl (C=O) groups excluding carboxylic acids is 1. The Kier molecular flexibility index (Phi) is 6.62. The maximum Gasteiger partial charge on any atom is 0.234 e. The zero-order valence-electron chi connectivity index (χ0n) is 15.4. The molecule has 0 saturated heterocycles. The summed E-state index contributed by atoms with van der Waals surface area (Å²) >= 11 is 1.37. The van der Waals surface area contributed by atoms with Crippen LogP contribution in [0.2, 0.25) is 0 Å². The molecule has 1 amide bonds. The van der Waals surface area contributed by atoms with E-state index in [4.69, 9.17) is 4.74 Å². The van der Waals surface area contributed by atoms with E-state index in [1.807, 2.05) is 66.1 Å². The normalized spacial score (nSPS) is 10.7. The second-order valence-electron chi connectivity index (χ2n) is 6.02. The van der Waals surface area contributed by atoms with Crippen LogP contribution >= 0.6 is 11.8 Å². The summed E-state index contributed by atoms with van der Waals surface area (Å²) in [6.07, 6.45) is 0. The molecule has 0 unspecified atom stereocenters. The standard InChI is InChI=1S/C20H22N4O2S/c1-15-8-10-17(11-9-15)21-18(25)14-27-20-23-22-19(24(20)12-13-26-2)16-6-4-3-5-7-16/h3-11H,12-14H2,1-2H3,(H,21,25). The third kappa shape index (κ3) is 5.18. The van der Waals surface area contributed by atoms with Gasteiger partial charge in [-0.15, -0.1) is 10.2 Å². The molecule has 0 spiro atoms. The van der Waals surface area contributed by atoms with Gasteiger partial charge in [-0.2, -0.15) is 0 Å². The number of nitrogens with zero attached hydrogens (tertiary/aromatic N) is 3. The van der Waals surface area contributed by atoms with Crippen molar-refractivity contribution in [1.29, 1.82) is 0 Å². The maximum absolute atomic E-state index is 12.3. The van der Waals surface area contributed by atoms with Crippen LogP contribution in [-0.2, 0) is 16.1 Å². The smallest absolute Gasteiger partial charge is 0.234 e. The third-order valence-corrected chi connectivity index (χ3v) is 4.90. The van der Waals surface area contributed by atoms with E-state index in [0.29, 0.717) is 18.3 Å². The number of amides is 1. The van der Waals surface area contributed by atoms with Gasteiger partial charge in [0.1, 0.15) is 0 Å². The highest BCUT2D eigenvalue weighted by molar-refractivity contribution is 7.99. The molecule has 0 atom stereocenters. The zero-order valence-corrected chi connectivity index (χ0v) is 16.2. The first kappa shape index (κ1) is 19.1. The quantitative estimate of drug-likeness (QED) is 0.603. The first-order chi connectivity index (χ1) is 13.2. The molecule has 2 aromatic carbocycles. The number of rotatable bonds is 8. The van der Waals surface area contributed by atoms with Crippen LogP contribution < -0.4 is 5.32 Å². The van der Waals surface area contributed by atoms with Crippen molar-refractivity contribution in [3.05, 3.63) is 60.2 Å². The van der Waals surface area contributed by atoms with Crippen LogP contribution in [0.1, 0.15) is 5.56 Å². The predicted octanol–water partition coefficient (Wildman–Crippen LogP) is 3.63. The van der Waals surface area contributed by atoms with Gasteiger partial charge in [0.05, 0.1) is 18.9 Å². The van der Waals surface area contributed by atoms with Gasteiger partial charge in [0.25, 0.3) is 0 Å². The van der Waals surface area contributed by atoms with Gasteiger partial charge in [0.15, 0.2) is 11.0 Å². The fraction of sp³-hybridized carbons (Fsp3) is 0.250. The van der Waals surface area contributed by atoms with Gasteiger partial charge in [-0.1, -0.05) is 59.8 Å². The minimum Gasteiger partial charge on any atom is -0.383 e. The van der Waals surface area contributed by atoms with Gasteiger partial charge < -0.3 is 10.1 Å². The Morgan fingerprint density at radius 2 is 1.85 bits per heavy atom. The number of thioether (sulfide) groups is 1. The molecule has 0 bridgehead atoms. The van der Waals surface area contributed by atoms with Gasteiger partial charge in [0.2, 0.25) is 5.91 Å². The Morgan fingerprint density at radius 3 is 2.56 bits per heavy atom. The van der Waals surface area contributed by atoms with Crippen molar-refractivity contribution in [2.75, 3.05) is 24.8 Å². The van der Waals surface area contributed by atoms with E-state index in [-0.39, 0.29) is 11.7 Å². The number of methoxy groups -OCH3 is 1. The monoisotopic (exact) mass is 382 g/mol. The van der Waals surface area contributed by atoms with E-state index in [9.17, 15) is 4.79 Å². The lowest BCUT2D eigenvalue weighted by molar-refractivity contribution is -0.113. The van der Waals surface area contributed by atoms with Crippen molar-refractivity contribution in [2.45, 2.75) is 18.6 Å². The average molecular weight is 382 g/mol. The van der Waals surface area contributed by atoms with Crippen molar-refractivity contribution >= 4 is 23.4 Å². The number of ether oxygens (including phenoxy) is 1. The van der Waals surface area contributed by atoms with Crippen LogP contribution in [0.5, 0.6) is 0 Å². The molecule has 1 N–H and O–H groups in total. The molecule has 0 aliphatic heterocycles. The lowest BCUT2D eigenvalue weighted by atomic mass is 10.2. The fourth-order valence-electron chi connectivity index (χ4n) is 2.54. The van der Waals surface area contributed by atoms with Crippen LogP contribution in [0.4, 0.5) is 5.69 Å². The molecule has 6 nitrogen and oxygen atoms in total. The van der Waals surface area contributed by atoms with Gasteiger partial charge in [-0.25, -0.2) is 0 Å². The summed E-state index contributed by atoms with van der Waals surface area (Å²) in [7, 11) is 1.66. The molecule has 1 heterocycles. The summed E-state index contributed by atoms with van der Waals surface area (Å²) in [6.45, 7) is 3.18. The molecule has 140 valence electrons. The Labute approximate surface area is 163 Å². The summed E-state index contributed by atoms with van der Waals surface area (Å²) in [5, 5.41) is 12.2. The summed E-state index contributed by atoms with van der Waals surface area (Å²) in [4.78, 5) is 12.3. The molecule has 3 rings (SSSR count). The number of nitrogens with one attached hydrogen (secondary N) is 1. The molecule has 0 saturated carbocycles. The Bertz CT molecular complexity index is 879. The van der Waals surface area contributed by atoms with Crippen LogP contribution in [0.3, 0.4) is 0 Å². The van der Waals surface area contributed by atoms with E-state index < -0.39 is 0 Å². The average Bonchev–Trinajstić information content (AvgIpc) is 3.10. The zero-order chi connectivity index (χ0) is 19.1. The minimum atomic E-state index is -0.0774. The van der Waals surface area contributed by atoms with Gasteiger partial charge >= 0.3 is 0 Å². The number of hydrogen-bond acceptors (Lipinski definition) is 5. The number of aryl methyl sites for hydroxylation is 1. The topological polar surface area (TPSA) is 69.0 Å². The van der Waals surface area contributed by atoms with Crippen molar-refractivity contribution in [3.63, 3.8) is 0 Å². The van der Waals surface area contributed by atoms with Crippen molar-refractivity contribution in [2.24, 2.45) is 0 Å². The Balaban J connectivity index is 1.69. The van der Waals surface area contributed by atoms with Gasteiger partial charge in [-0.05, 0) is 19.1 Å². The molecule has 0 aliphatic rings. The highest BCUT2D eigenvalue weighted by Gasteiger charge is 2.15. The van der Waals surface area contributed by atoms with Crippen LogP contribution in [-0.4, -0.2) is 40.1 Å². The molecule has 7 heteroatoms. The van der Waals surface area contributed by atoms with Crippen molar-refractivity contribution < 1.29 is 9.53 Å². The van der Waals surface area contributed by atoms with Crippen LogP contribution in [0.25, 0.3) is 11.4 Å². The molecule has 27 heavy (non-hydrogen) atoms. The molecule has 0 fully saturated rings. The SMILES string of the molecule is COCCn1c(SCC(=O)Nc2ccc(C)cc2)nnc1-c1ccccc1. The van der Waals surface area contributed by atoms with E-state index in [1.54, 1.807) is 7.11 Å².